The minimum atomic E-state index is -0.549. The first-order valence-electron chi connectivity index (χ1n) is 9.81. The van der Waals surface area contributed by atoms with E-state index in [1.807, 2.05) is 24.3 Å². The molecule has 11 heteroatoms. The number of pyridine rings is 1. The average Bonchev–Trinajstić information content (AvgIpc) is 3.09. The molecule has 0 N–H and O–H groups in total. The van der Waals surface area contributed by atoms with Crippen molar-refractivity contribution in [1.82, 2.24) is 9.88 Å². The normalized spacial score (nSPS) is 14.5. The molecule has 1 aliphatic heterocycles. The van der Waals surface area contributed by atoms with E-state index in [-0.39, 0.29) is 29.3 Å². The maximum atomic E-state index is 12.9. The Morgan fingerprint density at radius 2 is 1.94 bits per heavy atom. The van der Waals surface area contributed by atoms with Crippen LogP contribution >= 0.6 is 27.7 Å². The summed E-state index contributed by atoms with van der Waals surface area (Å²) in [5.41, 5.74) is 1.31. The van der Waals surface area contributed by atoms with Gasteiger partial charge in [0.05, 0.1) is 23.5 Å². The Morgan fingerprint density at radius 1 is 1.15 bits per heavy atom. The van der Waals surface area contributed by atoms with Crippen LogP contribution in [0.1, 0.15) is 11.1 Å². The van der Waals surface area contributed by atoms with E-state index in [0.717, 1.165) is 28.0 Å². The molecule has 0 bridgehead atoms. The molecule has 3 aromatic rings. The zero-order chi connectivity index (χ0) is 24.2. The second kappa shape index (κ2) is 10.1. The van der Waals surface area contributed by atoms with Crippen LogP contribution in [0.15, 0.2) is 70.2 Å². The van der Waals surface area contributed by atoms with Gasteiger partial charge in [-0.25, -0.2) is 4.98 Å². The fourth-order valence-electron chi connectivity index (χ4n) is 3.10. The molecule has 1 fully saturated rings. The molecule has 0 unspecified atom stereocenters. The molecule has 9 nitrogen and oxygen atoms in total. The highest BCUT2D eigenvalue weighted by Gasteiger charge is 2.35. The van der Waals surface area contributed by atoms with Crippen molar-refractivity contribution in [3.63, 3.8) is 0 Å². The van der Waals surface area contributed by atoms with Gasteiger partial charge >= 0.3 is 0 Å². The van der Waals surface area contributed by atoms with Gasteiger partial charge in [-0.3, -0.25) is 24.6 Å². The predicted molar refractivity (Wildman–Crippen MR) is 130 cm³/mol. The van der Waals surface area contributed by atoms with Gasteiger partial charge in [-0.05, 0) is 47.2 Å². The molecule has 2 heterocycles. The molecule has 4 rings (SSSR count). The summed E-state index contributed by atoms with van der Waals surface area (Å²) in [6.07, 6.45) is 2.71. The number of benzene rings is 2. The van der Waals surface area contributed by atoms with Crippen molar-refractivity contribution < 1.29 is 24.0 Å². The summed E-state index contributed by atoms with van der Waals surface area (Å²) >= 11 is 4.31. The fourth-order valence-corrected chi connectivity index (χ4v) is 4.34. The van der Waals surface area contributed by atoms with Crippen LogP contribution < -0.4 is 9.47 Å². The van der Waals surface area contributed by atoms with Crippen molar-refractivity contribution >= 4 is 50.6 Å². The number of carbonyl (C=O) groups is 2. The Labute approximate surface area is 206 Å². The molecular formula is C23H16BrN3O6S. The van der Waals surface area contributed by atoms with E-state index in [2.05, 4.69) is 20.9 Å². The van der Waals surface area contributed by atoms with Crippen molar-refractivity contribution in [2.75, 3.05) is 7.11 Å². The summed E-state index contributed by atoms with van der Waals surface area (Å²) in [5.74, 6) is 0.481. The number of thioether (sulfide) groups is 1. The van der Waals surface area contributed by atoms with Gasteiger partial charge < -0.3 is 9.47 Å². The highest BCUT2D eigenvalue weighted by atomic mass is 79.9. The molecular weight excluding hydrogens is 526 g/mol. The molecule has 0 atom stereocenters. The summed E-state index contributed by atoms with van der Waals surface area (Å²) in [7, 11) is 1.46. The zero-order valence-corrected chi connectivity index (χ0v) is 20.0. The summed E-state index contributed by atoms with van der Waals surface area (Å²) in [6, 6.07) is 15.1. The summed E-state index contributed by atoms with van der Waals surface area (Å²) in [6.45, 7) is 0.168. The van der Waals surface area contributed by atoms with Crippen LogP contribution in [0.2, 0.25) is 0 Å². The Balaban J connectivity index is 1.52. The highest BCUT2D eigenvalue weighted by Crippen LogP contribution is 2.36. The van der Waals surface area contributed by atoms with E-state index < -0.39 is 4.92 Å². The van der Waals surface area contributed by atoms with Crippen LogP contribution in [-0.2, 0) is 11.3 Å². The molecule has 1 aromatic heterocycles. The number of imide groups is 1. The number of halogens is 1. The SMILES string of the molecule is COc1cc(/C=C2/SC(=O)N(Cc3ccccc3Br)C2=O)ccc1Oc1ccc([N+](=O)[O-])cn1. The second-order valence-corrected chi connectivity index (χ2v) is 8.83. The van der Waals surface area contributed by atoms with Crippen LogP contribution in [0.25, 0.3) is 6.08 Å². The molecule has 0 radical (unpaired) electrons. The molecule has 0 spiro atoms. The number of nitrogens with zero attached hydrogens (tertiary/aromatic N) is 3. The number of carbonyl (C=O) groups excluding carboxylic acids is 2. The summed E-state index contributed by atoms with van der Waals surface area (Å²) < 4.78 is 11.9. The van der Waals surface area contributed by atoms with Crippen molar-refractivity contribution in [3.05, 3.63) is 91.4 Å². The first-order valence-corrected chi connectivity index (χ1v) is 11.4. The molecule has 34 heavy (non-hydrogen) atoms. The lowest BCUT2D eigenvalue weighted by molar-refractivity contribution is -0.385. The average molecular weight is 542 g/mol. The minimum Gasteiger partial charge on any atom is -0.493 e. The van der Waals surface area contributed by atoms with Crippen molar-refractivity contribution in [3.8, 4) is 17.4 Å². The van der Waals surface area contributed by atoms with E-state index in [4.69, 9.17) is 9.47 Å². The number of hydrogen-bond acceptors (Lipinski definition) is 8. The zero-order valence-electron chi connectivity index (χ0n) is 17.6. The van der Waals surface area contributed by atoms with Crippen molar-refractivity contribution in [2.24, 2.45) is 0 Å². The van der Waals surface area contributed by atoms with E-state index in [1.165, 1.54) is 24.1 Å². The van der Waals surface area contributed by atoms with Gasteiger partial charge in [0.1, 0.15) is 6.20 Å². The number of nitro groups is 1. The standard InChI is InChI=1S/C23H16BrN3O6S/c1-32-19-10-14(6-8-18(19)33-21-9-7-16(12-25-21)27(30)31)11-20-22(28)26(23(29)34-20)13-15-4-2-3-5-17(15)24/h2-12H,13H2,1H3/b20-11+. The molecule has 0 saturated carbocycles. The molecule has 1 aliphatic rings. The Hall–Kier alpha value is -3.70. The first kappa shape index (κ1) is 23.5. The van der Waals surface area contributed by atoms with Crippen molar-refractivity contribution in [2.45, 2.75) is 6.54 Å². The van der Waals surface area contributed by atoms with Crippen LogP contribution in [0, 0.1) is 10.1 Å². The Morgan fingerprint density at radius 3 is 2.62 bits per heavy atom. The largest absolute Gasteiger partial charge is 0.493 e. The molecule has 1 saturated heterocycles. The van der Waals surface area contributed by atoms with Gasteiger partial charge in [-0.1, -0.05) is 40.2 Å². The quantitative estimate of drug-likeness (QED) is 0.210. The Kier molecular flexibility index (Phi) is 6.94. The van der Waals surface area contributed by atoms with E-state index in [0.29, 0.717) is 22.0 Å². The molecule has 0 aliphatic carbocycles. The lowest BCUT2D eigenvalue weighted by Gasteiger charge is -2.13. The topological polar surface area (TPSA) is 112 Å². The number of ether oxygens (including phenoxy) is 2. The van der Waals surface area contributed by atoms with E-state index in [1.54, 1.807) is 24.3 Å². The van der Waals surface area contributed by atoms with Gasteiger partial charge in [-0.15, -0.1) is 0 Å². The van der Waals surface area contributed by atoms with Crippen LogP contribution in [0.4, 0.5) is 10.5 Å². The smallest absolute Gasteiger partial charge is 0.293 e. The Bertz CT molecular complexity index is 1310. The number of aromatic nitrogens is 1. The third-order valence-electron chi connectivity index (χ3n) is 4.79. The lowest BCUT2D eigenvalue weighted by atomic mass is 10.1. The maximum Gasteiger partial charge on any atom is 0.293 e. The van der Waals surface area contributed by atoms with Gasteiger partial charge in [0.2, 0.25) is 5.88 Å². The number of methoxy groups -OCH3 is 1. The van der Waals surface area contributed by atoms with Gasteiger partial charge in [0, 0.05) is 16.6 Å². The first-order chi connectivity index (χ1) is 16.4. The highest BCUT2D eigenvalue weighted by molar-refractivity contribution is 9.10. The number of rotatable bonds is 7. The monoisotopic (exact) mass is 541 g/mol. The third-order valence-corrected chi connectivity index (χ3v) is 6.47. The van der Waals surface area contributed by atoms with Gasteiger partial charge in [0.25, 0.3) is 16.8 Å². The second-order valence-electron chi connectivity index (χ2n) is 6.98. The van der Waals surface area contributed by atoms with E-state index >= 15 is 0 Å². The summed E-state index contributed by atoms with van der Waals surface area (Å²) in [5, 5.41) is 10.4. The number of amides is 2. The fraction of sp³-hybridized carbons (Fsp3) is 0.0870. The lowest BCUT2D eigenvalue weighted by Crippen LogP contribution is -2.27. The van der Waals surface area contributed by atoms with E-state index in [9.17, 15) is 19.7 Å². The van der Waals surface area contributed by atoms with Gasteiger partial charge in [0.15, 0.2) is 11.5 Å². The van der Waals surface area contributed by atoms with Crippen molar-refractivity contribution in [1.29, 1.82) is 0 Å². The number of hydrogen-bond donors (Lipinski definition) is 0. The van der Waals surface area contributed by atoms with Crippen LogP contribution in [0.3, 0.4) is 0 Å². The molecule has 172 valence electrons. The molecule has 2 amide bonds. The predicted octanol–water partition coefficient (Wildman–Crippen LogP) is 5.79. The summed E-state index contributed by atoms with van der Waals surface area (Å²) in [4.78, 5) is 41.0. The minimum absolute atomic E-state index is 0.150. The van der Waals surface area contributed by atoms with Crippen LogP contribution in [-0.4, -0.2) is 33.1 Å². The molecule has 2 aromatic carbocycles. The maximum absolute atomic E-state index is 12.9. The van der Waals surface area contributed by atoms with Gasteiger partial charge in [-0.2, -0.15) is 0 Å². The van der Waals surface area contributed by atoms with Crippen LogP contribution in [0.5, 0.6) is 17.4 Å². The third kappa shape index (κ3) is 5.10.